The lowest BCUT2D eigenvalue weighted by Gasteiger charge is -2.35. The molecule has 3 nitrogen and oxygen atoms in total. The number of nitrogens with zero attached hydrogens (tertiary/aromatic N) is 1. The lowest BCUT2D eigenvalue weighted by Crippen LogP contribution is -2.45. The van der Waals surface area contributed by atoms with Crippen LogP contribution in [0.3, 0.4) is 0 Å². The number of ether oxygens (including phenoxy) is 1. The maximum Gasteiger partial charge on any atom is 0.173 e. The maximum absolute atomic E-state index is 14.5. The third-order valence-corrected chi connectivity index (χ3v) is 5.57. The molecule has 1 aromatic carbocycles. The fourth-order valence-corrected chi connectivity index (χ4v) is 4.49. The summed E-state index contributed by atoms with van der Waals surface area (Å²) in [6, 6.07) is 7.14. The minimum atomic E-state index is -0.429. The summed E-state index contributed by atoms with van der Waals surface area (Å²) in [5.74, 6) is -0.312. The van der Waals surface area contributed by atoms with E-state index in [1.165, 1.54) is 17.4 Å². The number of halogens is 4. The normalized spacial score (nSPS) is 16.3. The molecular formula is C17H20Cl3FN2OS. The summed E-state index contributed by atoms with van der Waals surface area (Å²) in [6.07, 6.45) is 0. The van der Waals surface area contributed by atoms with Crippen LogP contribution in [-0.2, 0) is 0 Å². The van der Waals surface area contributed by atoms with Crippen LogP contribution >= 0.6 is 46.9 Å². The van der Waals surface area contributed by atoms with E-state index in [9.17, 15) is 4.39 Å². The van der Waals surface area contributed by atoms with Gasteiger partial charge in [0.1, 0.15) is 0 Å². The summed E-state index contributed by atoms with van der Waals surface area (Å²) in [7, 11) is 0. The molecule has 0 bridgehead atoms. The molecule has 2 heterocycles. The van der Waals surface area contributed by atoms with Crippen molar-refractivity contribution in [3.8, 4) is 5.75 Å². The second-order valence-corrected chi connectivity index (χ2v) is 7.73. The van der Waals surface area contributed by atoms with Crippen molar-refractivity contribution in [3.63, 3.8) is 0 Å². The lowest BCUT2D eigenvalue weighted by atomic mass is 10.0. The molecule has 0 amide bonds. The summed E-state index contributed by atoms with van der Waals surface area (Å²) in [5, 5.41) is 3.64. The van der Waals surface area contributed by atoms with Crippen molar-refractivity contribution in [2.75, 3.05) is 32.8 Å². The molecule has 1 aliphatic rings. The highest BCUT2D eigenvalue weighted by Crippen LogP contribution is 2.39. The van der Waals surface area contributed by atoms with E-state index in [4.69, 9.17) is 27.9 Å². The second-order valence-electron chi connectivity index (χ2n) is 5.58. The Bertz CT molecular complexity index is 684. The average Bonchev–Trinajstić information content (AvgIpc) is 2.98. The molecule has 25 heavy (non-hydrogen) atoms. The van der Waals surface area contributed by atoms with Gasteiger partial charge in [-0.25, -0.2) is 4.39 Å². The molecule has 138 valence electrons. The molecule has 0 radical (unpaired) electrons. The summed E-state index contributed by atoms with van der Waals surface area (Å²) >= 11 is 13.9. The Morgan fingerprint density at radius 3 is 2.56 bits per heavy atom. The van der Waals surface area contributed by atoms with Crippen LogP contribution in [0.15, 0.2) is 24.3 Å². The fraction of sp³-hybridized carbons (Fsp3) is 0.412. The van der Waals surface area contributed by atoms with E-state index >= 15 is 0 Å². The Kier molecular flexibility index (Phi) is 7.80. The van der Waals surface area contributed by atoms with E-state index in [1.54, 1.807) is 13.0 Å². The summed E-state index contributed by atoms with van der Waals surface area (Å²) in [4.78, 5) is 3.41. The van der Waals surface area contributed by atoms with Gasteiger partial charge in [-0.15, -0.1) is 23.7 Å². The molecule has 1 saturated heterocycles. The fourth-order valence-electron chi connectivity index (χ4n) is 2.99. The topological polar surface area (TPSA) is 24.5 Å². The number of nitrogens with one attached hydrogen (secondary N) is 1. The third kappa shape index (κ3) is 4.79. The van der Waals surface area contributed by atoms with Gasteiger partial charge in [0.05, 0.1) is 22.0 Å². The first-order chi connectivity index (χ1) is 11.6. The standard InChI is InChI=1S/C17H19Cl2FN2OS.ClH/c1-2-23-17-12(18)9-11(10-13(17)20)16(14-3-4-15(19)24-14)22-7-5-21-6-8-22;/h3-4,9-10,16,21H,2,5-8H2,1H3;1H/t16-;/m0./s1. The quantitative estimate of drug-likeness (QED) is 0.729. The van der Waals surface area contributed by atoms with Gasteiger partial charge in [0.2, 0.25) is 0 Å². The monoisotopic (exact) mass is 424 g/mol. The zero-order valence-corrected chi connectivity index (χ0v) is 16.9. The van der Waals surface area contributed by atoms with Gasteiger partial charge >= 0.3 is 0 Å². The summed E-state index contributed by atoms with van der Waals surface area (Å²) < 4.78 is 20.5. The number of thiophene rings is 1. The van der Waals surface area contributed by atoms with E-state index in [2.05, 4.69) is 10.2 Å². The van der Waals surface area contributed by atoms with Crippen LogP contribution < -0.4 is 10.1 Å². The first-order valence-electron chi connectivity index (χ1n) is 7.92. The van der Waals surface area contributed by atoms with E-state index in [1.807, 2.05) is 12.1 Å². The average molecular weight is 426 g/mol. The molecule has 0 spiro atoms. The van der Waals surface area contributed by atoms with Crippen molar-refractivity contribution >= 4 is 46.9 Å². The van der Waals surface area contributed by atoms with Crippen LogP contribution in [0.4, 0.5) is 4.39 Å². The highest BCUT2D eigenvalue weighted by atomic mass is 35.5. The minimum absolute atomic E-state index is 0. The molecule has 0 aliphatic carbocycles. The molecule has 8 heteroatoms. The van der Waals surface area contributed by atoms with Gasteiger partial charge in [0, 0.05) is 31.1 Å². The van der Waals surface area contributed by atoms with Crippen molar-refractivity contribution in [1.82, 2.24) is 10.2 Å². The lowest BCUT2D eigenvalue weighted by molar-refractivity contribution is 0.200. The van der Waals surface area contributed by atoms with Crippen molar-refractivity contribution in [2.24, 2.45) is 0 Å². The van der Waals surface area contributed by atoms with Gasteiger partial charge in [-0.2, -0.15) is 0 Å². The SMILES string of the molecule is CCOc1c(F)cc([C@@H](c2ccc(Cl)s2)N2CCNCC2)cc1Cl.Cl. The van der Waals surface area contributed by atoms with E-state index in [0.29, 0.717) is 11.6 Å². The smallest absolute Gasteiger partial charge is 0.173 e. The van der Waals surface area contributed by atoms with E-state index < -0.39 is 5.82 Å². The van der Waals surface area contributed by atoms with E-state index in [0.717, 1.165) is 41.0 Å². The molecule has 0 saturated carbocycles. The van der Waals surface area contributed by atoms with Crippen LogP contribution in [0.5, 0.6) is 5.75 Å². The number of hydrogen-bond donors (Lipinski definition) is 1. The molecule has 2 aromatic rings. The Morgan fingerprint density at radius 2 is 2.00 bits per heavy atom. The molecule has 1 atom stereocenters. The first kappa shape index (κ1) is 20.7. The van der Waals surface area contributed by atoms with Gasteiger partial charge in [0.15, 0.2) is 11.6 Å². The second kappa shape index (κ2) is 9.40. The Morgan fingerprint density at radius 1 is 1.28 bits per heavy atom. The zero-order valence-electron chi connectivity index (χ0n) is 13.7. The molecular weight excluding hydrogens is 406 g/mol. The maximum atomic E-state index is 14.5. The van der Waals surface area contributed by atoms with Crippen LogP contribution in [0.2, 0.25) is 9.36 Å². The Labute approximate surface area is 167 Å². The molecule has 3 rings (SSSR count). The number of rotatable bonds is 5. The van der Waals surface area contributed by atoms with Gasteiger partial charge in [0.25, 0.3) is 0 Å². The van der Waals surface area contributed by atoms with Crippen LogP contribution in [0.25, 0.3) is 0 Å². The molecule has 1 aromatic heterocycles. The van der Waals surface area contributed by atoms with Crippen LogP contribution in [0, 0.1) is 5.82 Å². The first-order valence-corrected chi connectivity index (χ1v) is 9.49. The zero-order chi connectivity index (χ0) is 17.1. The number of benzene rings is 1. The number of piperazine rings is 1. The third-order valence-electron chi connectivity index (χ3n) is 4.01. The van der Waals surface area contributed by atoms with Gasteiger partial charge in [-0.3, -0.25) is 4.90 Å². The van der Waals surface area contributed by atoms with Crippen molar-refractivity contribution < 1.29 is 9.13 Å². The van der Waals surface area contributed by atoms with E-state index in [-0.39, 0.29) is 24.2 Å². The van der Waals surface area contributed by atoms with Crippen LogP contribution in [-0.4, -0.2) is 37.7 Å². The van der Waals surface area contributed by atoms with Gasteiger partial charge < -0.3 is 10.1 Å². The van der Waals surface area contributed by atoms with Crippen LogP contribution in [0.1, 0.15) is 23.4 Å². The number of hydrogen-bond acceptors (Lipinski definition) is 4. The molecule has 1 aliphatic heterocycles. The van der Waals surface area contributed by atoms with Crippen molar-refractivity contribution in [1.29, 1.82) is 0 Å². The molecule has 0 unspecified atom stereocenters. The Hall–Kier alpha value is -0.560. The molecule has 1 fully saturated rings. The van der Waals surface area contributed by atoms with Crippen molar-refractivity contribution in [2.45, 2.75) is 13.0 Å². The molecule has 1 N–H and O–H groups in total. The highest BCUT2D eigenvalue weighted by molar-refractivity contribution is 7.16. The van der Waals surface area contributed by atoms with Gasteiger partial charge in [-0.05, 0) is 36.8 Å². The Balaban J connectivity index is 0.00000225. The summed E-state index contributed by atoms with van der Waals surface area (Å²) in [6.45, 7) is 5.75. The predicted octanol–water partition coefficient (Wildman–Crippen LogP) is 5.01. The minimum Gasteiger partial charge on any atom is -0.489 e. The summed E-state index contributed by atoms with van der Waals surface area (Å²) in [5.41, 5.74) is 0.821. The predicted molar refractivity (Wildman–Crippen MR) is 105 cm³/mol. The van der Waals surface area contributed by atoms with Crippen molar-refractivity contribution in [3.05, 3.63) is 49.9 Å². The highest BCUT2D eigenvalue weighted by Gasteiger charge is 2.27. The largest absolute Gasteiger partial charge is 0.489 e. The van der Waals surface area contributed by atoms with Gasteiger partial charge in [-0.1, -0.05) is 23.2 Å².